The van der Waals surface area contributed by atoms with Gasteiger partial charge >= 0.3 is 7.12 Å². The zero-order valence-electron chi connectivity index (χ0n) is 15.4. The summed E-state index contributed by atoms with van der Waals surface area (Å²) in [6.45, 7) is 9.05. The van der Waals surface area contributed by atoms with E-state index in [-0.39, 0.29) is 17.0 Å². The van der Waals surface area contributed by atoms with E-state index in [0.717, 1.165) is 0 Å². The van der Waals surface area contributed by atoms with Crippen molar-refractivity contribution < 1.29 is 18.1 Å². The standard InChI is InChI=1S/C17H21BF2N4O2/c1-10-9-24(15(21)23-10)22-8-11-6-12(19)14(13(20)7-11)18-25-16(2,3)17(4,5)26-18/h6-9H,1-5H3,(H2,21,23). The lowest BCUT2D eigenvalue weighted by Gasteiger charge is -2.32. The molecule has 1 aliphatic heterocycles. The van der Waals surface area contributed by atoms with E-state index in [1.54, 1.807) is 13.1 Å². The van der Waals surface area contributed by atoms with E-state index in [4.69, 9.17) is 15.0 Å². The molecule has 1 aromatic heterocycles. The molecule has 0 atom stereocenters. The molecule has 1 saturated heterocycles. The van der Waals surface area contributed by atoms with Crippen LogP contribution in [0.5, 0.6) is 0 Å². The number of anilines is 1. The van der Waals surface area contributed by atoms with Gasteiger partial charge < -0.3 is 15.0 Å². The minimum Gasteiger partial charge on any atom is -0.399 e. The van der Waals surface area contributed by atoms with Gasteiger partial charge in [-0.3, -0.25) is 0 Å². The first kappa shape index (κ1) is 18.5. The van der Waals surface area contributed by atoms with Crippen LogP contribution in [0.2, 0.25) is 0 Å². The highest BCUT2D eigenvalue weighted by molar-refractivity contribution is 6.62. The molecule has 0 aliphatic carbocycles. The Morgan fingerprint density at radius 2 is 1.69 bits per heavy atom. The quantitative estimate of drug-likeness (QED) is 0.671. The molecule has 0 spiro atoms. The van der Waals surface area contributed by atoms with Crippen molar-refractivity contribution in [3.05, 3.63) is 41.2 Å². The summed E-state index contributed by atoms with van der Waals surface area (Å²) in [4.78, 5) is 4.00. The Labute approximate surface area is 151 Å². The number of nitrogens with zero attached hydrogens (tertiary/aromatic N) is 3. The van der Waals surface area contributed by atoms with Crippen molar-refractivity contribution in [2.24, 2.45) is 5.10 Å². The molecule has 26 heavy (non-hydrogen) atoms. The predicted octanol–water partition coefficient (Wildman–Crippen LogP) is 2.23. The molecule has 0 bridgehead atoms. The third-order valence-corrected chi connectivity index (χ3v) is 4.76. The predicted molar refractivity (Wildman–Crippen MR) is 96.4 cm³/mol. The Bertz CT molecular complexity index is 841. The Morgan fingerprint density at radius 3 is 2.15 bits per heavy atom. The second-order valence-corrected chi connectivity index (χ2v) is 7.32. The Hall–Kier alpha value is -2.26. The van der Waals surface area contributed by atoms with Crippen molar-refractivity contribution in [1.82, 2.24) is 9.66 Å². The Kier molecular flexibility index (Phi) is 4.40. The highest BCUT2D eigenvalue weighted by Crippen LogP contribution is 2.36. The molecule has 1 fully saturated rings. The maximum atomic E-state index is 14.6. The van der Waals surface area contributed by atoms with E-state index in [9.17, 15) is 8.78 Å². The van der Waals surface area contributed by atoms with Gasteiger partial charge in [-0.2, -0.15) is 5.10 Å². The van der Waals surface area contributed by atoms with E-state index in [1.807, 2.05) is 27.7 Å². The third kappa shape index (κ3) is 3.24. The fourth-order valence-electron chi connectivity index (χ4n) is 2.59. The monoisotopic (exact) mass is 362 g/mol. The first-order valence-electron chi connectivity index (χ1n) is 8.20. The van der Waals surface area contributed by atoms with Crippen LogP contribution >= 0.6 is 0 Å². The number of aromatic nitrogens is 2. The Morgan fingerprint density at radius 1 is 1.15 bits per heavy atom. The summed E-state index contributed by atoms with van der Waals surface area (Å²) in [5, 5.41) is 4.06. The normalized spacial score (nSPS) is 18.8. The van der Waals surface area contributed by atoms with Gasteiger partial charge in [0.2, 0.25) is 5.95 Å². The number of hydrogen-bond acceptors (Lipinski definition) is 5. The summed E-state index contributed by atoms with van der Waals surface area (Å²) >= 11 is 0. The van der Waals surface area contributed by atoms with Crippen LogP contribution in [0.4, 0.5) is 14.7 Å². The van der Waals surface area contributed by atoms with Crippen molar-refractivity contribution in [2.45, 2.75) is 45.8 Å². The fourth-order valence-corrected chi connectivity index (χ4v) is 2.59. The van der Waals surface area contributed by atoms with Gasteiger partial charge in [0.25, 0.3) is 0 Å². The van der Waals surface area contributed by atoms with E-state index in [0.29, 0.717) is 5.69 Å². The van der Waals surface area contributed by atoms with Crippen molar-refractivity contribution in [2.75, 3.05) is 5.73 Å². The van der Waals surface area contributed by atoms with Crippen molar-refractivity contribution in [3.8, 4) is 0 Å². The maximum absolute atomic E-state index is 14.6. The molecule has 6 nitrogen and oxygen atoms in total. The second kappa shape index (κ2) is 6.17. The number of hydrogen-bond donors (Lipinski definition) is 1. The molecule has 0 radical (unpaired) electrons. The molecule has 1 aliphatic rings. The molecule has 138 valence electrons. The summed E-state index contributed by atoms with van der Waals surface area (Å²) in [5.74, 6) is -1.34. The van der Waals surface area contributed by atoms with Gasteiger partial charge in [-0.05, 0) is 46.8 Å². The van der Waals surface area contributed by atoms with Crippen LogP contribution in [0.25, 0.3) is 0 Å². The SMILES string of the molecule is Cc1cn(N=Cc2cc(F)c(B3OC(C)(C)C(C)(C)O3)c(F)c2)c(N)n1. The fraction of sp³-hybridized carbons (Fsp3) is 0.412. The zero-order chi connectivity index (χ0) is 19.3. The molecule has 1 aromatic carbocycles. The largest absolute Gasteiger partial charge is 0.500 e. The number of benzene rings is 1. The maximum Gasteiger partial charge on any atom is 0.500 e. The van der Waals surface area contributed by atoms with E-state index >= 15 is 0 Å². The number of rotatable bonds is 3. The summed E-state index contributed by atoms with van der Waals surface area (Å²) in [6, 6.07) is 2.35. The molecule has 2 heterocycles. The van der Waals surface area contributed by atoms with Crippen LogP contribution < -0.4 is 11.2 Å². The van der Waals surface area contributed by atoms with Crippen molar-refractivity contribution in [1.29, 1.82) is 0 Å². The van der Waals surface area contributed by atoms with Crippen LogP contribution in [0.3, 0.4) is 0 Å². The van der Waals surface area contributed by atoms with Gasteiger partial charge in [0.05, 0.1) is 34.8 Å². The first-order valence-corrected chi connectivity index (χ1v) is 8.20. The van der Waals surface area contributed by atoms with E-state index in [2.05, 4.69) is 10.1 Å². The molecule has 0 amide bonds. The summed E-state index contributed by atoms with van der Waals surface area (Å²) < 4.78 is 41.9. The van der Waals surface area contributed by atoms with Crippen molar-refractivity contribution in [3.63, 3.8) is 0 Å². The Balaban J connectivity index is 1.89. The molecule has 0 unspecified atom stereocenters. The zero-order valence-corrected chi connectivity index (χ0v) is 15.4. The lowest BCUT2D eigenvalue weighted by Crippen LogP contribution is -2.41. The van der Waals surface area contributed by atoms with Crippen LogP contribution in [0.1, 0.15) is 39.0 Å². The number of halogens is 2. The molecule has 9 heteroatoms. The molecule has 2 N–H and O–H groups in total. The number of aryl methyl sites for hydroxylation is 1. The molecule has 0 saturated carbocycles. The average Bonchev–Trinajstić information content (AvgIpc) is 2.91. The van der Waals surface area contributed by atoms with Gasteiger partial charge in [-0.25, -0.2) is 18.4 Å². The molecule has 2 aromatic rings. The van der Waals surface area contributed by atoms with Crippen LogP contribution in [0.15, 0.2) is 23.4 Å². The van der Waals surface area contributed by atoms with Crippen LogP contribution in [-0.4, -0.2) is 34.2 Å². The van der Waals surface area contributed by atoms with Crippen molar-refractivity contribution >= 4 is 24.7 Å². The first-order chi connectivity index (χ1) is 12.0. The highest BCUT2D eigenvalue weighted by atomic mass is 19.1. The van der Waals surface area contributed by atoms with E-state index < -0.39 is 30.0 Å². The lowest BCUT2D eigenvalue weighted by molar-refractivity contribution is 0.00578. The molecular formula is C17H21BF2N4O2. The van der Waals surface area contributed by atoms with E-state index in [1.165, 1.54) is 23.0 Å². The molecule has 3 rings (SSSR count). The topological polar surface area (TPSA) is 74.7 Å². The molecular weight excluding hydrogens is 341 g/mol. The minimum absolute atomic E-state index is 0.188. The minimum atomic E-state index is -1.11. The number of imidazole rings is 1. The van der Waals surface area contributed by atoms with Gasteiger partial charge in [-0.1, -0.05) is 0 Å². The van der Waals surface area contributed by atoms with Gasteiger partial charge in [0, 0.05) is 5.56 Å². The number of nitrogen functional groups attached to an aromatic ring is 1. The second-order valence-electron chi connectivity index (χ2n) is 7.32. The van der Waals surface area contributed by atoms with Gasteiger partial charge in [0.1, 0.15) is 11.6 Å². The summed E-state index contributed by atoms with van der Waals surface area (Å²) in [5.41, 5.74) is 4.98. The summed E-state index contributed by atoms with van der Waals surface area (Å²) in [7, 11) is -1.11. The third-order valence-electron chi connectivity index (χ3n) is 4.76. The number of nitrogens with two attached hydrogens (primary N) is 1. The van der Waals surface area contributed by atoms with Gasteiger partial charge in [-0.15, -0.1) is 0 Å². The van der Waals surface area contributed by atoms with Crippen LogP contribution in [-0.2, 0) is 9.31 Å². The van der Waals surface area contributed by atoms with Gasteiger partial charge in [0.15, 0.2) is 0 Å². The summed E-state index contributed by atoms with van der Waals surface area (Å²) in [6.07, 6.45) is 2.91. The lowest BCUT2D eigenvalue weighted by atomic mass is 9.77. The highest BCUT2D eigenvalue weighted by Gasteiger charge is 2.53. The average molecular weight is 362 g/mol. The smallest absolute Gasteiger partial charge is 0.399 e. The van der Waals surface area contributed by atoms with Crippen LogP contribution in [0, 0.1) is 18.6 Å².